The molecule has 134 valence electrons. The summed E-state index contributed by atoms with van der Waals surface area (Å²) in [6.45, 7) is 1.68. The number of nitrogens with zero attached hydrogens (tertiary/aromatic N) is 1. The SMILES string of the molecule is Cc1cccc(NC(=O)COC(=O)CCCc2nc3ccccc3s2)c1. The Labute approximate surface area is 156 Å². The minimum atomic E-state index is -0.370. The first-order valence-corrected chi connectivity index (χ1v) is 9.28. The quantitative estimate of drug-likeness (QED) is 0.637. The summed E-state index contributed by atoms with van der Waals surface area (Å²) in [5.41, 5.74) is 2.74. The second-order valence-corrected chi connectivity index (χ2v) is 7.12. The van der Waals surface area contributed by atoms with Gasteiger partial charge in [0, 0.05) is 12.1 Å². The molecule has 0 aliphatic heterocycles. The third-order valence-corrected chi connectivity index (χ3v) is 4.87. The van der Waals surface area contributed by atoms with Gasteiger partial charge in [0.1, 0.15) is 0 Å². The van der Waals surface area contributed by atoms with Crippen molar-refractivity contribution >= 4 is 39.1 Å². The van der Waals surface area contributed by atoms with Crippen LogP contribution >= 0.6 is 11.3 Å². The molecule has 2 aromatic carbocycles. The molecule has 1 N–H and O–H groups in total. The van der Waals surface area contributed by atoms with Crippen molar-refractivity contribution in [3.63, 3.8) is 0 Å². The number of benzene rings is 2. The van der Waals surface area contributed by atoms with Crippen LogP contribution in [0.3, 0.4) is 0 Å². The second kappa shape index (κ2) is 8.58. The zero-order valence-corrected chi connectivity index (χ0v) is 15.3. The Morgan fingerprint density at radius 1 is 1.15 bits per heavy atom. The number of aryl methyl sites for hydroxylation is 2. The first kappa shape index (κ1) is 18.1. The lowest BCUT2D eigenvalue weighted by Gasteiger charge is -2.07. The molecule has 0 spiro atoms. The van der Waals surface area contributed by atoms with E-state index in [4.69, 9.17) is 4.74 Å². The van der Waals surface area contributed by atoms with Gasteiger partial charge in [-0.15, -0.1) is 11.3 Å². The zero-order chi connectivity index (χ0) is 18.4. The van der Waals surface area contributed by atoms with Crippen molar-refractivity contribution < 1.29 is 14.3 Å². The van der Waals surface area contributed by atoms with Gasteiger partial charge in [-0.3, -0.25) is 9.59 Å². The van der Waals surface area contributed by atoms with Gasteiger partial charge in [-0.2, -0.15) is 0 Å². The third-order valence-electron chi connectivity index (χ3n) is 3.78. The molecule has 3 rings (SSSR count). The fourth-order valence-corrected chi connectivity index (χ4v) is 3.56. The number of hydrogen-bond donors (Lipinski definition) is 1. The highest BCUT2D eigenvalue weighted by Gasteiger charge is 2.09. The Hall–Kier alpha value is -2.73. The van der Waals surface area contributed by atoms with E-state index in [0.717, 1.165) is 27.2 Å². The molecular weight excluding hydrogens is 348 g/mol. The molecule has 26 heavy (non-hydrogen) atoms. The Balaban J connectivity index is 1.38. The zero-order valence-electron chi connectivity index (χ0n) is 14.5. The first-order chi connectivity index (χ1) is 12.6. The predicted molar refractivity (Wildman–Crippen MR) is 103 cm³/mol. The second-order valence-electron chi connectivity index (χ2n) is 6.01. The van der Waals surface area contributed by atoms with Crippen LogP contribution in [0.5, 0.6) is 0 Å². The van der Waals surface area contributed by atoms with Gasteiger partial charge in [0.15, 0.2) is 6.61 Å². The number of carbonyl (C=O) groups excluding carboxylic acids is 2. The lowest BCUT2D eigenvalue weighted by Crippen LogP contribution is -2.20. The van der Waals surface area contributed by atoms with Crippen LogP contribution in [0.1, 0.15) is 23.4 Å². The van der Waals surface area contributed by atoms with E-state index in [2.05, 4.69) is 10.3 Å². The highest BCUT2D eigenvalue weighted by molar-refractivity contribution is 7.18. The minimum absolute atomic E-state index is 0.270. The highest BCUT2D eigenvalue weighted by Crippen LogP contribution is 2.22. The minimum Gasteiger partial charge on any atom is -0.456 e. The van der Waals surface area contributed by atoms with E-state index in [1.54, 1.807) is 17.4 Å². The Bertz CT molecular complexity index is 887. The number of para-hydroxylation sites is 1. The van der Waals surface area contributed by atoms with Crippen LogP contribution in [0.2, 0.25) is 0 Å². The summed E-state index contributed by atoms with van der Waals surface area (Å²) in [5.74, 6) is -0.708. The number of amides is 1. The molecule has 0 bridgehead atoms. The maximum Gasteiger partial charge on any atom is 0.306 e. The van der Waals surface area contributed by atoms with Crippen molar-refractivity contribution in [3.8, 4) is 0 Å². The maximum absolute atomic E-state index is 11.8. The number of esters is 1. The molecule has 0 saturated carbocycles. The van der Waals surface area contributed by atoms with Crippen LogP contribution in [-0.4, -0.2) is 23.5 Å². The molecule has 1 heterocycles. The molecule has 6 heteroatoms. The fraction of sp³-hybridized carbons (Fsp3) is 0.250. The van der Waals surface area contributed by atoms with E-state index in [1.807, 2.05) is 49.4 Å². The Morgan fingerprint density at radius 2 is 2.00 bits per heavy atom. The van der Waals surface area contributed by atoms with Gasteiger partial charge in [-0.05, 0) is 49.6 Å². The number of fused-ring (bicyclic) bond motifs is 1. The van der Waals surface area contributed by atoms with Crippen molar-refractivity contribution in [1.82, 2.24) is 4.98 Å². The molecule has 0 aliphatic carbocycles. The van der Waals surface area contributed by atoms with Gasteiger partial charge >= 0.3 is 5.97 Å². The molecule has 3 aromatic rings. The van der Waals surface area contributed by atoms with Gasteiger partial charge in [-0.1, -0.05) is 24.3 Å². The van der Waals surface area contributed by atoms with Crippen LogP contribution < -0.4 is 5.32 Å². The standard InChI is InChI=1S/C20H20N2O3S/c1-14-6-4-7-15(12-14)21-18(23)13-25-20(24)11-5-10-19-22-16-8-2-3-9-17(16)26-19/h2-4,6-9,12H,5,10-11,13H2,1H3,(H,21,23). The summed E-state index contributed by atoms with van der Waals surface area (Å²) in [6.07, 6.45) is 1.65. The molecule has 0 unspecified atom stereocenters. The summed E-state index contributed by atoms with van der Waals surface area (Å²) in [5, 5.41) is 3.72. The summed E-state index contributed by atoms with van der Waals surface area (Å²) in [4.78, 5) is 28.2. The largest absolute Gasteiger partial charge is 0.456 e. The van der Waals surface area contributed by atoms with E-state index in [0.29, 0.717) is 12.1 Å². The smallest absolute Gasteiger partial charge is 0.306 e. The summed E-state index contributed by atoms with van der Waals surface area (Å²) in [6, 6.07) is 15.4. The average Bonchev–Trinajstić information content (AvgIpc) is 3.03. The molecule has 0 radical (unpaired) electrons. The number of ether oxygens (including phenoxy) is 1. The summed E-state index contributed by atoms with van der Waals surface area (Å²) < 4.78 is 6.19. The number of nitrogens with one attached hydrogen (secondary N) is 1. The van der Waals surface area contributed by atoms with Crippen molar-refractivity contribution in [3.05, 3.63) is 59.1 Å². The number of carbonyl (C=O) groups is 2. The normalized spacial score (nSPS) is 10.7. The van der Waals surface area contributed by atoms with Crippen molar-refractivity contribution in [2.45, 2.75) is 26.2 Å². The van der Waals surface area contributed by atoms with Crippen molar-refractivity contribution in [1.29, 1.82) is 0 Å². The molecule has 1 aromatic heterocycles. The molecule has 0 saturated heterocycles. The Kier molecular flexibility index (Phi) is 5.96. The van der Waals surface area contributed by atoms with Crippen LogP contribution in [-0.2, 0) is 20.7 Å². The number of anilines is 1. The van der Waals surface area contributed by atoms with Gasteiger partial charge < -0.3 is 10.1 Å². The molecule has 5 nitrogen and oxygen atoms in total. The molecule has 0 aliphatic rings. The fourth-order valence-electron chi connectivity index (χ4n) is 2.55. The Morgan fingerprint density at radius 3 is 2.81 bits per heavy atom. The predicted octanol–water partition coefficient (Wildman–Crippen LogP) is 4.11. The van der Waals surface area contributed by atoms with E-state index in [-0.39, 0.29) is 24.9 Å². The molecule has 0 fully saturated rings. The van der Waals surface area contributed by atoms with Crippen LogP contribution in [0, 0.1) is 6.92 Å². The van der Waals surface area contributed by atoms with E-state index in [9.17, 15) is 9.59 Å². The van der Waals surface area contributed by atoms with Gasteiger partial charge in [-0.25, -0.2) is 4.98 Å². The maximum atomic E-state index is 11.8. The third kappa shape index (κ3) is 5.13. The lowest BCUT2D eigenvalue weighted by molar-refractivity contribution is -0.147. The lowest BCUT2D eigenvalue weighted by atomic mass is 10.2. The topological polar surface area (TPSA) is 68.3 Å². The van der Waals surface area contributed by atoms with Crippen molar-refractivity contribution in [2.24, 2.45) is 0 Å². The molecular formula is C20H20N2O3S. The van der Waals surface area contributed by atoms with Gasteiger partial charge in [0.05, 0.1) is 15.2 Å². The first-order valence-electron chi connectivity index (χ1n) is 8.47. The van der Waals surface area contributed by atoms with E-state index >= 15 is 0 Å². The number of thiazole rings is 1. The number of rotatable bonds is 7. The molecule has 1 amide bonds. The van der Waals surface area contributed by atoms with Crippen LogP contribution in [0.25, 0.3) is 10.2 Å². The number of aromatic nitrogens is 1. The van der Waals surface area contributed by atoms with Gasteiger partial charge in [0.2, 0.25) is 0 Å². The summed E-state index contributed by atoms with van der Waals surface area (Å²) in [7, 11) is 0. The monoisotopic (exact) mass is 368 g/mol. The summed E-state index contributed by atoms with van der Waals surface area (Å²) >= 11 is 1.64. The van der Waals surface area contributed by atoms with Crippen LogP contribution in [0.4, 0.5) is 5.69 Å². The molecule has 0 atom stereocenters. The van der Waals surface area contributed by atoms with Crippen molar-refractivity contribution in [2.75, 3.05) is 11.9 Å². The van der Waals surface area contributed by atoms with Crippen LogP contribution in [0.15, 0.2) is 48.5 Å². The highest BCUT2D eigenvalue weighted by atomic mass is 32.1. The van der Waals surface area contributed by atoms with E-state index < -0.39 is 0 Å². The average molecular weight is 368 g/mol. The van der Waals surface area contributed by atoms with Gasteiger partial charge in [0.25, 0.3) is 5.91 Å². The van der Waals surface area contributed by atoms with E-state index in [1.165, 1.54) is 0 Å². The number of hydrogen-bond acceptors (Lipinski definition) is 5.